The third-order valence-corrected chi connectivity index (χ3v) is 16.8. The molecular formula is C55H78ClN11O6S2. The molecular weight excluding hydrogens is 1010 g/mol. The van der Waals surface area contributed by atoms with E-state index in [1.54, 1.807) is 35.7 Å². The van der Waals surface area contributed by atoms with Crippen molar-refractivity contribution in [3.05, 3.63) is 70.5 Å². The van der Waals surface area contributed by atoms with Gasteiger partial charge in [-0.15, -0.1) is 11.3 Å². The Balaban J connectivity index is 0.813. The summed E-state index contributed by atoms with van der Waals surface area (Å²) in [6, 6.07) is 11.2. The molecule has 5 amide bonds. The number of nitrogen functional groups attached to an aromatic ring is 1. The summed E-state index contributed by atoms with van der Waals surface area (Å²) in [6.07, 6.45) is 11.4. The molecule has 2 aromatic heterocycles. The number of carbonyl (C=O) groups is 5. The minimum Gasteiger partial charge on any atom is -0.391 e. The van der Waals surface area contributed by atoms with Crippen LogP contribution in [0.5, 0.6) is 0 Å². The van der Waals surface area contributed by atoms with Gasteiger partial charge in [-0.2, -0.15) is 0 Å². The number of β-amino-alcohol motifs (C(OH)–C–C–N with tert-alkyl or cyclic N) is 1. The lowest BCUT2D eigenvalue weighted by molar-refractivity contribution is -0.144. The van der Waals surface area contributed by atoms with Crippen LogP contribution >= 0.6 is 34.7 Å². The van der Waals surface area contributed by atoms with Crippen LogP contribution in [-0.4, -0.2) is 105 Å². The number of nitrogens with one attached hydrogen (secondary N) is 4. The molecule has 6 rings (SSSR count). The van der Waals surface area contributed by atoms with E-state index in [4.69, 9.17) is 23.1 Å². The first kappa shape index (κ1) is 58.9. The number of amides is 5. The van der Waals surface area contributed by atoms with Gasteiger partial charge >= 0.3 is 0 Å². The number of nitrogens with zero attached hydrogens (tertiary/aromatic N) is 5. The number of aromatic nitrogens is 3. The Hall–Kier alpha value is -5.34. The molecule has 0 spiro atoms. The molecule has 2 aliphatic rings. The van der Waals surface area contributed by atoms with E-state index in [0.29, 0.717) is 40.1 Å². The first-order valence-electron chi connectivity index (χ1n) is 26.4. The summed E-state index contributed by atoms with van der Waals surface area (Å²) in [5.74, 6) is -0.755. The molecule has 4 heterocycles. The Bertz CT molecular complexity index is 2570. The topological polar surface area (TPSA) is 251 Å². The molecule has 2 fully saturated rings. The maximum atomic E-state index is 14.1. The summed E-state index contributed by atoms with van der Waals surface area (Å²) in [7, 11) is 0. The lowest BCUT2D eigenvalue weighted by Crippen LogP contribution is -2.57. The number of rotatable bonds is 25. The molecule has 0 unspecified atom stereocenters. The summed E-state index contributed by atoms with van der Waals surface area (Å²) < 4.78 is 0. The zero-order valence-corrected chi connectivity index (χ0v) is 46.9. The highest BCUT2D eigenvalue weighted by molar-refractivity contribution is 7.99. The van der Waals surface area contributed by atoms with Gasteiger partial charge in [-0.1, -0.05) is 126 Å². The van der Waals surface area contributed by atoms with E-state index in [1.165, 1.54) is 16.7 Å². The Labute approximate surface area is 455 Å². The third-order valence-electron chi connectivity index (χ3n) is 14.3. The van der Waals surface area contributed by atoms with Crippen molar-refractivity contribution in [3.8, 4) is 10.4 Å². The number of aliphatic hydroxyl groups excluding tert-OH is 1. The lowest BCUT2D eigenvalue weighted by atomic mass is 9.80. The number of piperidine rings is 1. The van der Waals surface area contributed by atoms with Gasteiger partial charge in [0, 0.05) is 43.9 Å². The van der Waals surface area contributed by atoms with Crippen molar-refractivity contribution in [2.75, 3.05) is 48.7 Å². The highest BCUT2D eigenvalue weighted by Gasteiger charge is 2.44. The lowest BCUT2D eigenvalue weighted by Gasteiger charge is -2.39. The van der Waals surface area contributed by atoms with Crippen LogP contribution in [0.25, 0.3) is 10.4 Å². The van der Waals surface area contributed by atoms with Crippen LogP contribution in [-0.2, 0) is 24.0 Å². The van der Waals surface area contributed by atoms with Gasteiger partial charge in [0.15, 0.2) is 5.82 Å². The number of unbranched alkanes of at least 4 members (excludes halogenated alkanes) is 8. The number of hydrogen-bond acceptors (Lipinski definition) is 14. The Morgan fingerprint density at radius 3 is 2.21 bits per heavy atom. The Morgan fingerprint density at radius 2 is 1.59 bits per heavy atom. The first-order chi connectivity index (χ1) is 35.7. The molecule has 408 valence electrons. The van der Waals surface area contributed by atoms with Crippen LogP contribution in [0.4, 0.5) is 17.3 Å². The predicted octanol–water partition coefficient (Wildman–Crippen LogP) is 8.58. The van der Waals surface area contributed by atoms with Gasteiger partial charge in [-0.25, -0.2) is 15.0 Å². The molecule has 2 aliphatic heterocycles. The van der Waals surface area contributed by atoms with Crippen LogP contribution in [0.15, 0.2) is 64.1 Å². The summed E-state index contributed by atoms with van der Waals surface area (Å²) in [5.41, 5.74) is 16.9. The average molecular weight is 1090 g/mol. The molecule has 0 bridgehead atoms. The van der Waals surface area contributed by atoms with Crippen LogP contribution in [0.1, 0.15) is 142 Å². The second-order valence-corrected chi connectivity index (χ2v) is 23.8. The predicted molar refractivity (Wildman–Crippen MR) is 299 cm³/mol. The van der Waals surface area contributed by atoms with Gasteiger partial charge < -0.3 is 47.6 Å². The normalized spacial score (nSPS) is 17.3. The molecule has 2 saturated heterocycles. The van der Waals surface area contributed by atoms with Crippen molar-refractivity contribution >= 4 is 81.6 Å². The van der Waals surface area contributed by atoms with Crippen LogP contribution in [0.3, 0.4) is 0 Å². The zero-order valence-electron chi connectivity index (χ0n) is 44.5. The second-order valence-electron chi connectivity index (χ2n) is 21.5. The first-order valence-corrected chi connectivity index (χ1v) is 28.5. The fraction of sp³-hybridized carbons (Fsp3) is 0.564. The number of benzene rings is 2. The molecule has 0 aliphatic carbocycles. The molecule has 4 aromatic rings. The maximum Gasteiger partial charge on any atom is 0.246 e. The number of halogens is 1. The van der Waals surface area contributed by atoms with Gasteiger partial charge in [-0.3, -0.25) is 24.0 Å². The quantitative estimate of drug-likeness (QED) is 0.0243. The number of nitrogens with two attached hydrogens (primary N) is 2. The maximum absolute atomic E-state index is 14.1. The summed E-state index contributed by atoms with van der Waals surface area (Å²) in [6.45, 7) is 14.5. The SMILES string of the molecule is Cc1ncsc1-c1ccc([C@@H](C)NC(=O)[C@H]2C[C@H](O)CN2C(=O)[C@H](NC(=O)CCCCCCCCCCCNC(=O)CC(=O)Nc2cccc(Sc3ncc(N4CCC(C)(CN)CC4)nc3N)c2Cl)C(C)(C)C)cc1. The van der Waals surface area contributed by atoms with Crippen molar-refractivity contribution in [1.29, 1.82) is 0 Å². The monoisotopic (exact) mass is 1090 g/mol. The third kappa shape index (κ3) is 17.1. The van der Waals surface area contributed by atoms with Crippen molar-refractivity contribution in [2.45, 2.75) is 166 Å². The minimum atomic E-state index is -0.871. The van der Waals surface area contributed by atoms with Crippen LogP contribution in [0, 0.1) is 17.8 Å². The fourth-order valence-corrected chi connectivity index (χ4v) is 11.3. The zero-order chi connectivity index (χ0) is 54.3. The Kier molecular flexibility index (Phi) is 21.7. The number of aryl methyl sites for hydroxylation is 1. The Morgan fingerprint density at radius 1 is 0.920 bits per heavy atom. The molecule has 75 heavy (non-hydrogen) atoms. The molecule has 0 radical (unpaired) electrons. The van der Waals surface area contributed by atoms with Gasteiger partial charge in [0.05, 0.1) is 45.1 Å². The van der Waals surface area contributed by atoms with E-state index in [1.807, 2.05) is 64.4 Å². The molecule has 2 aromatic carbocycles. The second kappa shape index (κ2) is 27.6. The summed E-state index contributed by atoms with van der Waals surface area (Å²) in [4.78, 5) is 85.2. The summed E-state index contributed by atoms with van der Waals surface area (Å²) >= 11 is 9.53. The standard InChI is InChI=1S/C55H78ClN11O6S2/c1-35(37-20-22-38(23-21-37)48-36(2)61-34-74-48)62-51(72)41-29-39(68)32-67(41)53(73)49(54(3,4)5)65-44(69)19-14-12-10-8-7-9-11-13-15-26-59-45(70)30-46(71)63-40-17-16-18-42(47(40)56)75-52-50(58)64-43(31-60-52)66-27-24-55(6,33-57)25-28-66/h16-18,20-23,31,34-35,39,41,49,68H,7-15,19,24-30,32-33,57H2,1-6H3,(H2,58,64)(H,59,70)(H,62,72)(H,63,71)(H,65,69)/t35-,39+,41-,49+/m1/s1. The van der Waals surface area contributed by atoms with E-state index < -0.39 is 29.5 Å². The molecule has 20 heteroatoms. The number of anilines is 3. The highest BCUT2D eigenvalue weighted by Crippen LogP contribution is 2.39. The molecule has 9 N–H and O–H groups in total. The van der Waals surface area contributed by atoms with Gasteiger partial charge in [0.2, 0.25) is 29.5 Å². The molecule has 17 nitrogen and oxygen atoms in total. The largest absolute Gasteiger partial charge is 0.391 e. The van der Waals surface area contributed by atoms with Crippen molar-refractivity contribution in [1.82, 2.24) is 35.8 Å². The minimum absolute atomic E-state index is 0.0165. The van der Waals surface area contributed by atoms with Gasteiger partial charge in [-0.05, 0) is 80.2 Å². The van der Waals surface area contributed by atoms with Gasteiger partial charge in [0.25, 0.3) is 0 Å². The molecule has 0 saturated carbocycles. The van der Waals surface area contributed by atoms with Crippen LogP contribution in [0.2, 0.25) is 5.02 Å². The highest BCUT2D eigenvalue weighted by atomic mass is 35.5. The number of thiazole rings is 1. The van der Waals surface area contributed by atoms with Gasteiger partial charge in [0.1, 0.15) is 29.3 Å². The number of aliphatic hydroxyl groups is 1. The van der Waals surface area contributed by atoms with Crippen molar-refractivity contribution in [3.63, 3.8) is 0 Å². The summed E-state index contributed by atoms with van der Waals surface area (Å²) in [5, 5.41) is 23.1. The molecule has 4 atom stereocenters. The number of hydrogen-bond donors (Lipinski definition) is 7. The van der Waals surface area contributed by atoms with E-state index in [0.717, 1.165) is 105 Å². The fourth-order valence-electron chi connectivity index (χ4n) is 9.41. The van der Waals surface area contributed by atoms with E-state index >= 15 is 0 Å². The number of likely N-dealkylation sites (tertiary alicyclic amines) is 1. The average Bonchev–Trinajstić information content (AvgIpc) is 4.00. The smallest absolute Gasteiger partial charge is 0.246 e. The van der Waals surface area contributed by atoms with Crippen molar-refractivity contribution < 1.29 is 29.1 Å². The van der Waals surface area contributed by atoms with Crippen molar-refractivity contribution in [2.24, 2.45) is 16.6 Å². The number of carbonyl (C=O) groups excluding carboxylic acids is 5. The van der Waals surface area contributed by atoms with E-state index in [-0.39, 0.29) is 66.7 Å². The van der Waals surface area contributed by atoms with Crippen LogP contribution < -0.4 is 37.6 Å². The van der Waals surface area contributed by atoms with E-state index in [2.05, 4.69) is 48.0 Å². The van der Waals surface area contributed by atoms with E-state index in [9.17, 15) is 29.1 Å².